The minimum absolute atomic E-state index is 0. The van der Waals surface area contributed by atoms with E-state index in [4.69, 9.17) is 5.73 Å². The van der Waals surface area contributed by atoms with E-state index in [2.05, 4.69) is 4.90 Å². The van der Waals surface area contributed by atoms with Crippen molar-refractivity contribution in [1.29, 1.82) is 0 Å². The van der Waals surface area contributed by atoms with Crippen LogP contribution in [-0.4, -0.2) is 48.1 Å². The van der Waals surface area contributed by atoms with Crippen LogP contribution in [0.15, 0.2) is 24.3 Å². The molecular weight excluding hydrogens is 349 g/mol. The molecule has 0 bridgehead atoms. The number of piperazine rings is 1. The first-order valence-corrected chi connectivity index (χ1v) is 8.21. The first-order chi connectivity index (χ1) is 10.6. The molecule has 3 rings (SSSR count). The Hall–Kier alpha value is -1.17. The maximum Gasteiger partial charge on any atom is 0.223 e. The van der Waals surface area contributed by atoms with Crippen LogP contribution in [0.25, 0.3) is 0 Å². The minimum atomic E-state index is 0. The van der Waals surface area contributed by atoms with Crippen LogP contribution in [0.5, 0.6) is 5.75 Å². The highest BCUT2D eigenvalue weighted by atomic mass is 35.5. The Labute approximate surface area is 156 Å². The summed E-state index contributed by atoms with van der Waals surface area (Å²) in [5.74, 6) is 0.917. The fourth-order valence-electron chi connectivity index (χ4n) is 3.55. The van der Waals surface area contributed by atoms with Crippen LogP contribution in [0.4, 0.5) is 5.69 Å². The molecule has 2 fully saturated rings. The van der Waals surface area contributed by atoms with Crippen molar-refractivity contribution < 1.29 is 9.90 Å². The van der Waals surface area contributed by atoms with Crippen molar-refractivity contribution in [2.24, 2.45) is 11.7 Å². The minimum Gasteiger partial charge on any atom is -0.508 e. The zero-order valence-electron chi connectivity index (χ0n) is 13.8. The second-order valence-electron chi connectivity index (χ2n) is 6.44. The summed E-state index contributed by atoms with van der Waals surface area (Å²) in [5.41, 5.74) is 7.17. The summed E-state index contributed by atoms with van der Waals surface area (Å²) in [5, 5.41) is 9.35. The summed E-state index contributed by atoms with van der Waals surface area (Å²) in [4.78, 5) is 16.6. The summed E-state index contributed by atoms with van der Waals surface area (Å²) < 4.78 is 0. The van der Waals surface area contributed by atoms with Gasteiger partial charge < -0.3 is 20.6 Å². The summed E-state index contributed by atoms with van der Waals surface area (Å²) in [6, 6.07) is 7.46. The van der Waals surface area contributed by atoms with Crippen molar-refractivity contribution in [1.82, 2.24) is 4.90 Å². The van der Waals surface area contributed by atoms with E-state index in [1.807, 2.05) is 17.0 Å². The lowest BCUT2D eigenvalue weighted by Crippen LogP contribution is -2.49. The van der Waals surface area contributed by atoms with E-state index in [-0.39, 0.29) is 42.5 Å². The Bertz CT molecular complexity index is 519. The van der Waals surface area contributed by atoms with E-state index < -0.39 is 0 Å². The number of hydrogen-bond acceptors (Lipinski definition) is 4. The number of nitrogens with zero attached hydrogens (tertiary/aromatic N) is 2. The lowest BCUT2D eigenvalue weighted by Gasteiger charge is -2.36. The van der Waals surface area contributed by atoms with Crippen LogP contribution in [0.3, 0.4) is 0 Å². The number of nitrogens with two attached hydrogens (primary N) is 1. The molecule has 24 heavy (non-hydrogen) atoms. The smallest absolute Gasteiger partial charge is 0.223 e. The number of rotatable bonds is 3. The number of carbonyl (C=O) groups excluding carboxylic acids is 1. The Morgan fingerprint density at radius 3 is 2.25 bits per heavy atom. The Balaban J connectivity index is 0.00000144. The molecule has 1 heterocycles. The van der Waals surface area contributed by atoms with Gasteiger partial charge in [0.2, 0.25) is 5.91 Å². The standard InChI is InChI=1S/C17H25N3O2.2ClH/c18-16-3-1-2-13(16)12-17(22)20-10-8-19(9-11-20)14-4-6-15(21)7-5-14;;/h4-7,13,16,21H,1-3,8-12,18H2;2*1H/t13-,16+;;/m0../s1. The fraction of sp³-hybridized carbons (Fsp3) is 0.588. The number of carbonyl (C=O) groups is 1. The predicted octanol–water partition coefficient (Wildman–Crippen LogP) is 2.40. The quantitative estimate of drug-likeness (QED) is 0.850. The Morgan fingerprint density at radius 2 is 1.71 bits per heavy atom. The highest BCUT2D eigenvalue weighted by Crippen LogP contribution is 2.28. The molecule has 0 radical (unpaired) electrons. The molecule has 0 spiro atoms. The molecular formula is C17H27Cl2N3O2. The van der Waals surface area contributed by atoms with Gasteiger partial charge in [-0.3, -0.25) is 4.79 Å². The molecule has 0 aromatic heterocycles. The molecule has 136 valence electrons. The van der Waals surface area contributed by atoms with Crippen molar-refractivity contribution in [2.45, 2.75) is 31.7 Å². The Morgan fingerprint density at radius 1 is 1.08 bits per heavy atom. The monoisotopic (exact) mass is 375 g/mol. The SMILES string of the molecule is Cl.Cl.N[C@@H]1CCC[C@H]1CC(=O)N1CCN(c2ccc(O)cc2)CC1. The van der Waals surface area contributed by atoms with Gasteiger partial charge in [0.25, 0.3) is 0 Å². The van der Waals surface area contributed by atoms with Crippen molar-refractivity contribution in [3.8, 4) is 5.75 Å². The molecule has 7 heteroatoms. The van der Waals surface area contributed by atoms with Crippen LogP contribution in [0.1, 0.15) is 25.7 Å². The van der Waals surface area contributed by atoms with Crippen LogP contribution in [-0.2, 0) is 4.79 Å². The number of phenolic OH excluding ortho intramolecular Hbond substituents is 1. The zero-order valence-corrected chi connectivity index (χ0v) is 15.4. The van der Waals surface area contributed by atoms with Gasteiger partial charge >= 0.3 is 0 Å². The number of amides is 1. The summed E-state index contributed by atoms with van der Waals surface area (Å²) in [6.07, 6.45) is 3.93. The van der Waals surface area contributed by atoms with Gasteiger partial charge in [-0.25, -0.2) is 0 Å². The molecule has 1 saturated heterocycles. The molecule has 1 aromatic carbocycles. The lowest BCUT2D eigenvalue weighted by molar-refractivity contribution is -0.132. The molecule has 3 N–H and O–H groups in total. The van der Waals surface area contributed by atoms with E-state index in [0.717, 1.165) is 51.1 Å². The van der Waals surface area contributed by atoms with Gasteiger partial charge in [0.05, 0.1) is 0 Å². The maximum absolute atomic E-state index is 12.4. The van der Waals surface area contributed by atoms with Gasteiger partial charge in [0, 0.05) is 44.3 Å². The third kappa shape index (κ3) is 4.91. The van der Waals surface area contributed by atoms with Crippen molar-refractivity contribution in [3.63, 3.8) is 0 Å². The molecule has 1 amide bonds. The first-order valence-electron chi connectivity index (χ1n) is 8.21. The normalized spacial score (nSPS) is 23.4. The predicted molar refractivity (Wildman–Crippen MR) is 101 cm³/mol. The van der Waals surface area contributed by atoms with E-state index in [0.29, 0.717) is 12.3 Å². The zero-order chi connectivity index (χ0) is 15.5. The van der Waals surface area contributed by atoms with Gasteiger partial charge in [0.15, 0.2) is 0 Å². The molecule has 1 aromatic rings. The molecule has 0 unspecified atom stereocenters. The first kappa shape index (κ1) is 20.9. The number of benzene rings is 1. The maximum atomic E-state index is 12.4. The van der Waals surface area contributed by atoms with Gasteiger partial charge in [-0.1, -0.05) is 6.42 Å². The number of anilines is 1. The second-order valence-corrected chi connectivity index (χ2v) is 6.44. The molecule has 1 aliphatic heterocycles. The number of phenols is 1. The average molecular weight is 376 g/mol. The molecule has 1 aliphatic carbocycles. The molecule has 2 aliphatic rings. The molecule has 2 atom stereocenters. The summed E-state index contributed by atoms with van der Waals surface area (Å²) in [7, 11) is 0. The Kier molecular flexibility index (Phi) is 8.13. The third-order valence-electron chi connectivity index (χ3n) is 5.00. The number of hydrogen-bond donors (Lipinski definition) is 2. The molecule has 1 saturated carbocycles. The second kappa shape index (κ2) is 9.35. The third-order valence-corrected chi connectivity index (χ3v) is 5.00. The van der Waals surface area contributed by atoms with Crippen LogP contribution in [0, 0.1) is 5.92 Å². The van der Waals surface area contributed by atoms with Crippen molar-refractivity contribution in [3.05, 3.63) is 24.3 Å². The topological polar surface area (TPSA) is 69.8 Å². The fourth-order valence-corrected chi connectivity index (χ4v) is 3.55. The lowest BCUT2D eigenvalue weighted by atomic mass is 9.99. The summed E-state index contributed by atoms with van der Waals surface area (Å²) in [6.45, 7) is 3.21. The highest BCUT2D eigenvalue weighted by Gasteiger charge is 2.29. The molecule has 5 nitrogen and oxygen atoms in total. The number of aromatic hydroxyl groups is 1. The van der Waals surface area contributed by atoms with Crippen LogP contribution in [0.2, 0.25) is 0 Å². The van der Waals surface area contributed by atoms with Gasteiger partial charge in [-0.15, -0.1) is 24.8 Å². The van der Waals surface area contributed by atoms with E-state index >= 15 is 0 Å². The van der Waals surface area contributed by atoms with E-state index in [1.54, 1.807) is 12.1 Å². The van der Waals surface area contributed by atoms with Crippen molar-refractivity contribution >= 4 is 36.4 Å². The van der Waals surface area contributed by atoms with Gasteiger partial charge in [-0.05, 0) is 43.0 Å². The highest BCUT2D eigenvalue weighted by molar-refractivity contribution is 5.85. The van der Waals surface area contributed by atoms with Gasteiger partial charge in [0.1, 0.15) is 5.75 Å². The average Bonchev–Trinajstić information content (AvgIpc) is 2.93. The van der Waals surface area contributed by atoms with Gasteiger partial charge in [-0.2, -0.15) is 0 Å². The van der Waals surface area contributed by atoms with Crippen LogP contribution >= 0.6 is 24.8 Å². The largest absolute Gasteiger partial charge is 0.508 e. The van der Waals surface area contributed by atoms with Crippen molar-refractivity contribution in [2.75, 3.05) is 31.1 Å². The number of halogens is 2. The van der Waals surface area contributed by atoms with E-state index in [9.17, 15) is 9.90 Å². The van der Waals surface area contributed by atoms with Crippen LogP contribution < -0.4 is 10.6 Å². The summed E-state index contributed by atoms with van der Waals surface area (Å²) >= 11 is 0. The van der Waals surface area contributed by atoms with E-state index in [1.165, 1.54) is 0 Å².